The van der Waals surface area contributed by atoms with E-state index in [9.17, 15) is 0 Å². The molecule has 0 heterocycles. The summed E-state index contributed by atoms with van der Waals surface area (Å²) in [6, 6.07) is 26.0. The van der Waals surface area contributed by atoms with Crippen molar-refractivity contribution in [2.75, 3.05) is 0 Å². The fourth-order valence-electron chi connectivity index (χ4n) is 3.29. The van der Waals surface area contributed by atoms with Crippen LogP contribution in [0.15, 0.2) is 72.8 Å². The third kappa shape index (κ3) is 5.18. The first-order chi connectivity index (χ1) is 12.6. The topological polar surface area (TPSA) is 12.0 Å². The number of aryl methyl sites for hydroxylation is 2. The number of rotatable bonds is 6. The smallest absolute Gasteiger partial charge is 0.0208 e. The van der Waals surface area contributed by atoms with Crippen LogP contribution >= 0.6 is 0 Å². The molecule has 3 rings (SSSR count). The lowest BCUT2D eigenvalue weighted by Crippen LogP contribution is -2.12. The van der Waals surface area contributed by atoms with Crippen LogP contribution in [-0.4, -0.2) is 0 Å². The molecule has 0 aliphatic carbocycles. The van der Waals surface area contributed by atoms with Gasteiger partial charge in [-0.2, -0.15) is 0 Å². The largest absolute Gasteiger partial charge is 0.309 e. The average molecular weight is 341 g/mol. The van der Waals surface area contributed by atoms with Gasteiger partial charge in [-0.3, -0.25) is 0 Å². The highest BCUT2D eigenvalue weighted by molar-refractivity contribution is 5.80. The summed E-state index contributed by atoms with van der Waals surface area (Å²) >= 11 is 0. The van der Waals surface area contributed by atoms with E-state index in [4.69, 9.17) is 0 Å². The van der Waals surface area contributed by atoms with E-state index in [2.05, 4.69) is 98.9 Å². The Bertz CT molecular complexity index is 854. The zero-order valence-electron chi connectivity index (χ0n) is 15.9. The summed E-state index contributed by atoms with van der Waals surface area (Å²) in [6.07, 6.45) is 2.23. The Balaban J connectivity index is 1.58. The van der Waals surface area contributed by atoms with Gasteiger partial charge in [-0.15, -0.1) is 0 Å². The summed E-state index contributed by atoms with van der Waals surface area (Å²) in [4.78, 5) is 0. The second kappa shape index (κ2) is 8.64. The highest BCUT2D eigenvalue weighted by Crippen LogP contribution is 2.18. The van der Waals surface area contributed by atoms with Gasteiger partial charge in [0.25, 0.3) is 0 Å². The van der Waals surface area contributed by atoms with Gasteiger partial charge in [0, 0.05) is 13.1 Å². The van der Waals surface area contributed by atoms with Gasteiger partial charge in [0.2, 0.25) is 0 Å². The van der Waals surface area contributed by atoms with Gasteiger partial charge in [0.15, 0.2) is 0 Å². The molecule has 132 valence electrons. The molecule has 26 heavy (non-hydrogen) atoms. The highest BCUT2D eigenvalue weighted by atomic mass is 14.8. The van der Waals surface area contributed by atoms with Gasteiger partial charge in [-0.1, -0.05) is 90.0 Å². The summed E-state index contributed by atoms with van der Waals surface area (Å²) in [5.74, 6) is 0. The maximum Gasteiger partial charge on any atom is 0.0208 e. The molecule has 0 atom stereocenters. The summed E-state index contributed by atoms with van der Waals surface area (Å²) in [7, 11) is 0. The zero-order valence-corrected chi connectivity index (χ0v) is 15.9. The summed E-state index contributed by atoms with van der Waals surface area (Å²) in [6.45, 7) is 8.26. The molecule has 0 saturated carbocycles. The first-order valence-electron chi connectivity index (χ1n) is 9.21. The maximum absolute atomic E-state index is 3.55. The summed E-state index contributed by atoms with van der Waals surface area (Å²) in [5.41, 5.74) is 9.10. The number of benzene rings is 3. The number of hydrogen-bond donors (Lipinski definition) is 1. The third-order valence-electron chi connectivity index (χ3n) is 4.53. The van der Waals surface area contributed by atoms with Gasteiger partial charge >= 0.3 is 0 Å². The molecule has 0 aliphatic rings. The van der Waals surface area contributed by atoms with Crippen molar-refractivity contribution in [3.63, 3.8) is 0 Å². The van der Waals surface area contributed by atoms with Crippen molar-refractivity contribution < 1.29 is 0 Å². The van der Waals surface area contributed by atoms with Gasteiger partial charge in [-0.05, 0) is 48.6 Å². The lowest BCUT2D eigenvalue weighted by Gasteiger charge is -2.09. The molecule has 0 amide bonds. The van der Waals surface area contributed by atoms with Gasteiger partial charge < -0.3 is 5.32 Å². The SMILES string of the molecule is C/C(=C\c1ccccc1)c1ccc(CNCc2cc(C)cc(C)c2)cc1. The van der Waals surface area contributed by atoms with Crippen LogP contribution in [0, 0.1) is 13.8 Å². The second-order valence-electron chi connectivity index (χ2n) is 7.03. The van der Waals surface area contributed by atoms with Crippen LogP contribution in [-0.2, 0) is 13.1 Å². The number of allylic oxidation sites excluding steroid dienone is 1. The van der Waals surface area contributed by atoms with Crippen molar-refractivity contribution in [3.05, 3.63) is 106 Å². The van der Waals surface area contributed by atoms with E-state index >= 15 is 0 Å². The molecule has 1 N–H and O–H groups in total. The minimum absolute atomic E-state index is 0.884. The molecule has 3 aromatic carbocycles. The molecule has 0 unspecified atom stereocenters. The fraction of sp³-hybridized carbons (Fsp3) is 0.200. The van der Waals surface area contributed by atoms with Crippen molar-refractivity contribution in [2.24, 2.45) is 0 Å². The van der Waals surface area contributed by atoms with E-state index in [1.807, 2.05) is 6.07 Å². The molecule has 1 heteroatoms. The Kier molecular flexibility index (Phi) is 6.04. The van der Waals surface area contributed by atoms with Crippen LogP contribution < -0.4 is 5.32 Å². The van der Waals surface area contributed by atoms with Crippen molar-refractivity contribution in [1.29, 1.82) is 0 Å². The highest BCUT2D eigenvalue weighted by Gasteiger charge is 1.99. The predicted molar refractivity (Wildman–Crippen MR) is 113 cm³/mol. The molecule has 0 bridgehead atoms. The molecule has 0 fully saturated rings. The monoisotopic (exact) mass is 341 g/mol. The first-order valence-corrected chi connectivity index (χ1v) is 9.21. The first kappa shape index (κ1) is 18.2. The lowest BCUT2D eigenvalue weighted by molar-refractivity contribution is 0.692. The van der Waals surface area contributed by atoms with Crippen molar-refractivity contribution in [1.82, 2.24) is 5.32 Å². The van der Waals surface area contributed by atoms with E-state index in [0.717, 1.165) is 13.1 Å². The van der Waals surface area contributed by atoms with E-state index in [1.165, 1.54) is 39.0 Å². The van der Waals surface area contributed by atoms with Crippen molar-refractivity contribution in [2.45, 2.75) is 33.9 Å². The van der Waals surface area contributed by atoms with E-state index < -0.39 is 0 Å². The van der Waals surface area contributed by atoms with Crippen LogP contribution in [0.3, 0.4) is 0 Å². The fourth-order valence-corrected chi connectivity index (χ4v) is 3.29. The Morgan fingerprint density at radius 2 is 1.38 bits per heavy atom. The average Bonchev–Trinajstić information content (AvgIpc) is 2.62. The molecule has 0 radical (unpaired) electrons. The maximum atomic E-state index is 3.55. The molecule has 0 saturated heterocycles. The predicted octanol–water partition coefficient (Wildman–Crippen LogP) is 6.15. The third-order valence-corrected chi connectivity index (χ3v) is 4.53. The van der Waals surface area contributed by atoms with Crippen LogP contribution in [0.5, 0.6) is 0 Å². The molecule has 0 spiro atoms. The Morgan fingerprint density at radius 1 is 0.769 bits per heavy atom. The summed E-state index contributed by atoms with van der Waals surface area (Å²) in [5, 5.41) is 3.55. The Labute approximate surface area is 157 Å². The molecular formula is C25H27N. The summed E-state index contributed by atoms with van der Waals surface area (Å²) < 4.78 is 0. The number of nitrogens with one attached hydrogen (secondary N) is 1. The van der Waals surface area contributed by atoms with Crippen LogP contribution in [0.4, 0.5) is 0 Å². The molecular weight excluding hydrogens is 314 g/mol. The van der Waals surface area contributed by atoms with Gasteiger partial charge in [0.1, 0.15) is 0 Å². The Hall–Kier alpha value is -2.64. The number of hydrogen-bond acceptors (Lipinski definition) is 1. The minimum atomic E-state index is 0.884. The van der Waals surface area contributed by atoms with Gasteiger partial charge in [-0.25, -0.2) is 0 Å². The molecule has 1 nitrogen and oxygen atoms in total. The van der Waals surface area contributed by atoms with Crippen LogP contribution in [0.2, 0.25) is 0 Å². The molecule has 3 aromatic rings. The van der Waals surface area contributed by atoms with Crippen molar-refractivity contribution in [3.8, 4) is 0 Å². The standard InChI is InChI=1S/C25H27N/c1-19-13-20(2)15-24(14-19)18-26-17-23-9-11-25(12-10-23)21(3)16-22-7-5-4-6-8-22/h4-16,26H,17-18H2,1-3H3/b21-16+. The van der Waals surface area contributed by atoms with E-state index in [0.29, 0.717) is 0 Å². The van der Waals surface area contributed by atoms with Crippen LogP contribution in [0.25, 0.3) is 11.6 Å². The van der Waals surface area contributed by atoms with Crippen molar-refractivity contribution >= 4 is 11.6 Å². The minimum Gasteiger partial charge on any atom is -0.309 e. The molecule has 0 aliphatic heterocycles. The normalized spacial score (nSPS) is 11.6. The zero-order chi connectivity index (χ0) is 18.4. The van der Waals surface area contributed by atoms with Gasteiger partial charge in [0.05, 0.1) is 0 Å². The van der Waals surface area contributed by atoms with Crippen LogP contribution in [0.1, 0.15) is 40.3 Å². The van der Waals surface area contributed by atoms with E-state index in [1.54, 1.807) is 0 Å². The Morgan fingerprint density at radius 3 is 2.04 bits per heavy atom. The molecule has 0 aromatic heterocycles. The quantitative estimate of drug-likeness (QED) is 0.530. The second-order valence-corrected chi connectivity index (χ2v) is 7.03. The van der Waals surface area contributed by atoms with E-state index in [-0.39, 0.29) is 0 Å². The lowest BCUT2D eigenvalue weighted by atomic mass is 10.0.